The quantitative estimate of drug-likeness (QED) is 0.334. The normalized spacial score (nSPS) is 13.3. The molecule has 152 valence electrons. The zero-order chi connectivity index (χ0) is 21.1. The molecule has 0 amide bonds. The molecule has 0 N–H and O–H groups in total. The summed E-state index contributed by atoms with van der Waals surface area (Å²) >= 11 is 4.47. The fraction of sp³-hybridized carbons (Fsp3) is 0.250. The van der Waals surface area contributed by atoms with Crippen molar-refractivity contribution in [3.63, 3.8) is 0 Å². The summed E-state index contributed by atoms with van der Waals surface area (Å²) in [5, 5.41) is -0.499. The van der Waals surface area contributed by atoms with E-state index >= 15 is 0 Å². The number of pyridine rings is 2. The van der Waals surface area contributed by atoms with Crippen molar-refractivity contribution >= 4 is 39.8 Å². The van der Waals surface area contributed by atoms with Gasteiger partial charge in [-0.05, 0) is 43.2 Å². The number of hydrogen-bond acceptors (Lipinski definition) is 5. The zero-order valence-corrected chi connectivity index (χ0v) is 17.3. The number of carbonyl (C=O) groups is 1. The molecule has 2 aromatic heterocycles. The van der Waals surface area contributed by atoms with E-state index in [1.807, 2.05) is 6.07 Å². The van der Waals surface area contributed by atoms with Crippen LogP contribution in [0.1, 0.15) is 30.2 Å². The van der Waals surface area contributed by atoms with Gasteiger partial charge in [-0.2, -0.15) is 0 Å². The summed E-state index contributed by atoms with van der Waals surface area (Å²) in [6, 6.07) is 9.41. The lowest BCUT2D eigenvalue weighted by molar-refractivity contribution is 0.0524. The van der Waals surface area contributed by atoms with E-state index in [9.17, 15) is 18.5 Å². The number of fused-ring (bicyclic) bond motifs is 1. The van der Waals surface area contributed by atoms with E-state index in [1.54, 1.807) is 38.1 Å². The first-order valence-corrected chi connectivity index (χ1v) is 10.5. The van der Waals surface area contributed by atoms with Gasteiger partial charge in [-0.1, -0.05) is 29.8 Å². The Morgan fingerprint density at radius 3 is 2.72 bits per heavy atom. The predicted octanol–water partition coefficient (Wildman–Crippen LogP) is 3.73. The standard InChI is InChI=1S/C20H18ClFN2O4S/c1-3-28-20(26)15-10-24(12(2)11-29(27)13-7-5-4-6-8-13)19-14(17(15)25)9-16(22)18(21)23-19/h4-10,12H,3,11H2,1-2H3. The third-order valence-corrected chi connectivity index (χ3v) is 6.13. The van der Waals surface area contributed by atoms with E-state index in [2.05, 4.69) is 4.98 Å². The summed E-state index contributed by atoms with van der Waals surface area (Å²) in [6.07, 6.45) is 1.30. The van der Waals surface area contributed by atoms with Crippen LogP contribution in [0.25, 0.3) is 11.0 Å². The highest BCUT2D eigenvalue weighted by molar-refractivity contribution is 7.91. The minimum Gasteiger partial charge on any atom is -0.611 e. The van der Waals surface area contributed by atoms with Crippen LogP contribution in [-0.2, 0) is 15.9 Å². The van der Waals surface area contributed by atoms with E-state index in [1.165, 1.54) is 10.8 Å². The fourth-order valence-electron chi connectivity index (χ4n) is 2.88. The second-order valence-corrected chi connectivity index (χ2v) is 8.16. The van der Waals surface area contributed by atoms with Crippen LogP contribution in [0, 0.1) is 5.82 Å². The van der Waals surface area contributed by atoms with Gasteiger partial charge in [0.15, 0.2) is 15.9 Å². The molecule has 29 heavy (non-hydrogen) atoms. The largest absolute Gasteiger partial charge is 0.611 e. The van der Waals surface area contributed by atoms with Gasteiger partial charge >= 0.3 is 5.97 Å². The minimum atomic E-state index is -1.34. The van der Waals surface area contributed by atoms with Gasteiger partial charge in [0, 0.05) is 6.20 Å². The number of ether oxygens (including phenoxy) is 1. The highest BCUT2D eigenvalue weighted by Crippen LogP contribution is 2.23. The smallest absolute Gasteiger partial charge is 0.343 e. The summed E-state index contributed by atoms with van der Waals surface area (Å²) in [7, 11) is 0. The summed E-state index contributed by atoms with van der Waals surface area (Å²) in [4.78, 5) is 29.6. The van der Waals surface area contributed by atoms with Gasteiger partial charge in [-0.25, -0.2) is 14.2 Å². The van der Waals surface area contributed by atoms with Crippen LogP contribution in [-0.4, -0.2) is 32.4 Å². The Balaban J connectivity index is 2.11. The number of carbonyl (C=O) groups excluding carboxylic acids is 1. The van der Waals surface area contributed by atoms with Crippen LogP contribution < -0.4 is 5.43 Å². The molecular weight excluding hydrogens is 419 g/mol. The molecule has 0 fully saturated rings. The number of esters is 1. The van der Waals surface area contributed by atoms with E-state index in [0.29, 0.717) is 4.90 Å². The maximum atomic E-state index is 14.0. The number of benzene rings is 1. The molecule has 0 saturated heterocycles. The Morgan fingerprint density at radius 1 is 1.38 bits per heavy atom. The van der Waals surface area contributed by atoms with Crippen molar-refractivity contribution in [3.05, 3.63) is 69.4 Å². The van der Waals surface area contributed by atoms with Gasteiger partial charge in [-0.3, -0.25) is 4.79 Å². The van der Waals surface area contributed by atoms with Crippen LogP contribution in [0.3, 0.4) is 0 Å². The van der Waals surface area contributed by atoms with Gasteiger partial charge in [-0.15, -0.1) is 0 Å². The number of nitrogens with zero attached hydrogens (tertiary/aromatic N) is 2. The van der Waals surface area contributed by atoms with Gasteiger partial charge in [0.05, 0.1) is 18.0 Å². The van der Waals surface area contributed by atoms with Crippen molar-refractivity contribution in [2.24, 2.45) is 0 Å². The van der Waals surface area contributed by atoms with E-state index in [0.717, 1.165) is 6.07 Å². The second-order valence-electron chi connectivity index (χ2n) is 6.31. The summed E-state index contributed by atoms with van der Waals surface area (Å²) in [6.45, 7) is 3.46. The van der Waals surface area contributed by atoms with Gasteiger partial charge in [0.1, 0.15) is 17.0 Å². The van der Waals surface area contributed by atoms with Crippen molar-refractivity contribution in [2.45, 2.75) is 24.8 Å². The first kappa shape index (κ1) is 21.3. The van der Waals surface area contributed by atoms with Crippen molar-refractivity contribution in [2.75, 3.05) is 12.4 Å². The average Bonchev–Trinajstić information content (AvgIpc) is 2.70. The highest BCUT2D eigenvalue weighted by atomic mass is 35.5. The second kappa shape index (κ2) is 8.94. The molecule has 0 aliphatic heterocycles. The van der Waals surface area contributed by atoms with Crippen LogP contribution in [0.15, 0.2) is 52.3 Å². The summed E-state index contributed by atoms with van der Waals surface area (Å²) in [5.74, 6) is -1.51. The number of rotatable bonds is 6. The molecule has 0 spiro atoms. The van der Waals surface area contributed by atoms with Crippen LogP contribution in [0.5, 0.6) is 0 Å². The van der Waals surface area contributed by atoms with Crippen molar-refractivity contribution in [1.82, 2.24) is 9.55 Å². The summed E-state index contributed by atoms with van der Waals surface area (Å²) < 4.78 is 33.1. The minimum absolute atomic E-state index is 0.0805. The van der Waals surface area contributed by atoms with Crippen molar-refractivity contribution in [1.29, 1.82) is 0 Å². The average molecular weight is 437 g/mol. The highest BCUT2D eigenvalue weighted by Gasteiger charge is 2.24. The van der Waals surface area contributed by atoms with E-state index in [4.69, 9.17) is 16.3 Å². The molecule has 3 rings (SSSR count). The molecule has 0 saturated carbocycles. The zero-order valence-electron chi connectivity index (χ0n) is 15.7. The molecular formula is C20H18ClFN2O4S. The number of halogens is 2. The van der Waals surface area contributed by atoms with Crippen LogP contribution in [0.4, 0.5) is 4.39 Å². The van der Waals surface area contributed by atoms with Crippen molar-refractivity contribution in [3.8, 4) is 0 Å². The SMILES string of the molecule is CCOC(=O)c1cn(C(C)C[S+]([O-])c2ccccc2)c2nc(Cl)c(F)cc2c1=O. The molecule has 9 heteroatoms. The van der Waals surface area contributed by atoms with Crippen LogP contribution >= 0.6 is 11.6 Å². The third-order valence-electron chi connectivity index (χ3n) is 4.28. The molecule has 2 unspecified atom stereocenters. The molecule has 0 aliphatic rings. The van der Waals surface area contributed by atoms with E-state index in [-0.39, 0.29) is 29.0 Å². The topological polar surface area (TPSA) is 84.2 Å². The predicted molar refractivity (Wildman–Crippen MR) is 109 cm³/mol. The Kier molecular flexibility index (Phi) is 6.56. The molecule has 0 radical (unpaired) electrons. The van der Waals surface area contributed by atoms with Crippen LogP contribution in [0.2, 0.25) is 5.15 Å². The molecule has 0 bridgehead atoms. The molecule has 3 aromatic rings. The molecule has 2 atom stereocenters. The Bertz CT molecular complexity index is 1110. The fourth-order valence-corrected chi connectivity index (χ4v) is 4.27. The third kappa shape index (κ3) is 4.44. The molecule has 6 nitrogen and oxygen atoms in total. The maximum absolute atomic E-state index is 14.0. The van der Waals surface area contributed by atoms with E-state index < -0.39 is 39.6 Å². The number of aromatic nitrogens is 2. The van der Waals surface area contributed by atoms with Gasteiger partial charge in [0.2, 0.25) is 5.43 Å². The van der Waals surface area contributed by atoms with Gasteiger partial charge < -0.3 is 13.9 Å². The summed E-state index contributed by atoms with van der Waals surface area (Å²) in [5.41, 5.74) is -0.846. The Morgan fingerprint density at radius 2 is 2.07 bits per heavy atom. The van der Waals surface area contributed by atoms with Gasteiger partial charge in [0.25, 0.3) is 0 Å². The molecule has 1 aromatic carbocycles. The molecule has 2 heterocycles. The first-order valence-electron chi connectivity index (χ1n) is 8.85. The van der Waals surface area contributed by atoms with Crippen molar-refractivity contribution < 1.29 is 18.5 Å². The Hall–Kier alpha value is -2.42. The first-order chi connectivity index (χ1) is 13.8. The maximum Gasteiger partial charge on any atom is 0.343 e. The lowest BCUT2D eigenvalue weighted by atomic mass is 10.1. The lowest BCUT2D eigenvalue weighted by Crippen LogP contribution is -2.25. The number of hydrogen-bond donors (Lipinski definition) is 0. The lowest BCUT2D eigenvalue weighted by Gasteiger charge is -2.21. The monoisotopic (exact) mass is 436 g/mol. The molecule has 0 aliphatic carbocycles. The Labute approximate surface area is 174 Å².